The van der Waals surface area contributed by atoms with Crippen molar-refractivity contribution in [2.24, 2.45) is 0 Å². The van der Waals surface area contributed by atoms with Crippen molar-refractivity contribution in [3.8, 4) is 17.0 Å². The van der Waals surface area contributed by atoms with Crippen molar-refractivity contribution in [2.45, 2.75) is 20.5 Å². The van der Waals surface area contributed by atoms with Crippen molar-refractivity contribution in [3.63, 3.8) is 0 Å². The molecule has 0 unspecified atom stereocenters. The highest BCUT2D eigenvalue weighted by Crippen LogP contribution is 2.32. The van der Waals surface area contributed by atoms with Gasteiger partial charge >= 0.3 is 5.97 Å². The van der Waals surface area contributed by atoms with E-state index in [1.807, 2.05) is 24.3 Å². The number of carbonyl (C=O) groups is 1. The lowest BCUT2D eigenvalue weighted by atomic mass is 10.0. The second kappa shape index (κ2) is 6.16. The van der Waals surface area contributed by atoms with E-state index in [-0.39, 0.29) is 12.6 Å². The van der Waals surface area contributed by atoms with Crippen LogP contribution in [0.25, 0.3) is 22.2 Å². The maximum absolute atomic E-state index is 11.2. The maximum atomic E-state index is 11.2. The zero-order chi connectivity index (χ0) is 16.4. The first-order valence-electron chi connectivity index (χ1n) is 7.47. The molecule has 0 atom stereocenters. The minimum absolute atomic E-state index is 0.250. The molecular formula is C19H19NO3. The third kappa shape index (κ3) is 3.06. The lowest BCUT2D eigenvalue weighted by Crippen LogP contribution is -1.99. The Morgan fingerprint density at radius 3 is 2.52 bits per heavy atom. The fourth-order valence-corrected chi connectivity index (χ4v) is 2.69. The molecule has 0 fully saturated rings. The molecule has 0 radical (unpaired) electrons. The predicted octanol–water partition coefficient (Wildman–Crippen LogP) is 4.22. The molecule has 0 amide bonds. The molecular weight excluding hydrogens is 290 g/mol. The molecule has 3 rings (SSSR count). The van der Waals surface area contributed by atoms with Gasteiger partial charge in [-0.2, -0.15) is 0 Å². The van der Waals surface area contributed by atoms with Gasteiger partial charge in [0.05, 0.1) is 12.8 Å². The molecule has 3 aromatic rings. The monoisotopic (exact) mass is 309 g/mol. The molecule has 1 aromatic heterocycles. The molecule has 1 N–H and O–H groups in total. The highest BCUT2D eigenvalue weighted by molar-refractivity contribution is 5.91. The lowest BCUT2D eigenvalue weighted by molar-refractivity contribution is -0.142. The largest absolute Gasteiger partial charge is 0.497 e. The molecule has 4 nitrogen and oxygen atoms in total. The molecule has 0 aliphatic carbocycles. The van der Waals surface area contributed by atoms with Crippen LogP contribution in [0.5, 0.6) is 5.75 Å². The third-order valence-corrected chi connectivity index (χ3v) is 3.86. The summed E-state index contributed by atoms with van der Waals surface area (Å²) in [5, 5.41) is 1.08. The van der Waals surface area contributed by atoms with E-state index in [1.165, 1.54) is 12.5 Å². The van der Waals surface area contributed by atoms with E-state index >= 15 is 0 Å². The number of hydrogen-bond donors (Lipinski definition) is 1. The molecule has 118 valence electrons. The Hall–Kier alpha value is -2.75. The molecule has 0 spiro atoms. The molecule has 0 saturated heterocycles. The van der Waals surface area contributed by atoms with Crippen molar-refractivity contribution >= 4 is 16.9 Å². The number of esters is 1. The number of aryl methyl sites for hydroxylation is 1. The predicted molar refractivity (Wildman–Crippen MR) is 90.5 cm³/mol. The summed E-state index contributed by atoms with van der Waals surface area (Å²) in [5.74, 6) is 0.523. The second-order valence-electron chi connectivity index (χ2n) is 5.54. The zero-order valence-electron chi connectivity index (χ0n) is 13.5. The first-order chi connectivity index (χ1) is 11.1. The summed E-state index contributed by atoms with van der Waals surface area (Å²) in [4.78, 5) is 14.7. The fraction of sp³-hybridized carbons (Fsp3) is 0.211. The molecule has 0 aliphatic rings. The first-order valence-corrected chi connectivity index (χ1v) is 7.47. The number of rotatable bonds is 4. The quantitative estimate of drug-likeness (QED) is 0.734. The van der Waals surface area contributed by atoms with Gasteiger partial charge < -0.3 is 14.5 Å². The van der Waals surface area contributed by atoms with E-state index in [0.29, 0.717) is 0 Å². The first kappa shape index (κ1) is 15.2. The molecule has 0 bridgehead atoms. The van der Waals surface area contributed by atoms with Gasteiger partial charge in [-0.05, 0) is 48.9 Å². The number of H-pyrrole nitrogens is 1. The Morgan fingerprint density at radius 1 is 1.13 bits per heavy atom. The van der Waals surface area contributed by atoms with Gasteiger partial charge in [0.25, 0.3) is 0 Å². The summed E-state index contributed by atoms with van der Waals surface area (Å²) < 4.78 is 10.5. The highest BCUT2D eigenvalue weighted by atomic mass is 16.5. The van der Waals surface area contributed by atoms with Crippen LogP contribution in [0.4, 0.5) is 0 Å². The molecule has 1 heterocycles. The number of hydrogen-bond acceptors (Lipinski definition) is 3. The number of nitrogens with one attached hydrogen (secondary N) is 1. The molecule has 0 aliphatic heterocycles. The zero-order valence-corrected chi connectivity index (χ0v) is 13.5. The summed E-state index contributed by atoms with van der Waals surface area (Å²) in [7, 11) is 1.65. The Labute approximate surface area is 135 Å². The van der Waals surface area contributed by atoms with Gasteiger partial charge in [-0.25, -0.2) is 0 Å². The van der Waals surface area contributed by atoms with Crippen LogP contribution in [0.15, 0.2) is 42.5 Å². The number of fused-ring (bicyclic) bond motifs is 1. The summed E-state index contributed by atoms with van der Waals surface area (Å²) in [6, 6.07) is 14.0. The summed E-state index contributed by atoms with van der Waals surface area (Å²) >= 11 is 0. The average molecular weight is 309 g/mol. The van der Waals surface area contributed by atoms with Crippen molar-refractivity contribution in [1.29, 1.82) is 0 Å². The standard InChI is InChI=1S/C19H19NO3/c1-12-4-9-18-16(10-12)17(11-23-13(2)21)19(20-18)14-5-7-15(22-3)8-6-14/h4-10,20H,11H2,1-3H3. The van der Waals surface area contributed by atoms with Crippen LogP contribution in [-0.4, -0.2) is 18.1 Å². The van der Waals surface area contributed by atoms with E-state index in [1.54, 1.807) is 7.11 Å². The fourth-order valence-electron chi connectivity index (χ4n) is 2.69. The van der Waals surface area contributed by atoms with Gasteiger partial charge in [0, 0.05) is 23.4 Å². The van der Waals surface area contributed by atoms with Crippen LogP contribution >= 0.6 is 0 Å². The van der Waals surface area contributed by atoms with Gasteiger partial charge in [-0.1, -0.05) is 11.6 Å². The van der Waals surface area contributed by atoms with Crippen molar-refractivity contribution < 1.29 is 14.3 Å². The van der Waals surface area contributed by atoms with Gasteiger partial charge in [0.1, 0.15) is 12.4 Å². The Bertz CT molecular complexity index is 847. The van der Waals surface area contributed by atoms with Crippen molar-refractivity contribution in [1.82, 2.24) is 4.98 Å². The van der Waals surface area contributed by atoms with E-state index in [4.69, 9.17) is 9.47 Å². The van der Waals surface area contributed by atoms with E-state index in [0.717, 1.165) is 33.5 Å². The van der Waals surface area contributed by atoms with Crippen molar-refractivity contribution in [3.05, 3.63) is 53.6 Å². The van der Waals surface area contributed by atoms with Crippen LogP contribution < -0.4 is 4.74 Å². The van der Waals surface area contributed by atoms with E-state index < -0.39 is 0 Å². The highest BCUT2D eigenvalue weighted by Gasteiger charge is 2.14. The molecule has 2 aromatic carbocycles. The normalized spacial score (nSPS) is 10.7. The topological polar surface area (TPSA) is 51.3 Å². The molecule has 0 saturated carbocycles. The van der Waals surface area contributed by atoms with Crippen LogP contribution in [0, 0.1) is 6.92 Å². The van der Waals surface area contributed by atoms with Crippen molar-refractivity contribution in [2.75, 3.05) is 7.11 Å². The number of aromatic amines is 1. The van der Waals surface area contributed by atoms with Crippen LogP contribution in [0.2, 0.25) is 0 Å². The maximum Gasteiger partial charge on any atom is 0.302 e. The second-order valence-corrected chi connectivity index (χ2v) is 5.54. The SMILES string of the molecule is COc1ccc(-c2[nH]c3ccc(C)cc3c2COC(C)=O)cc1. The number of benzene rings is 2. The van der Waals surface area contributed by atoms with Gasteiger partial charge in [-0.3, -0.25) is 4.79 Å². The van der Waals surface area contributed by atoms with Gasteiger partial charge in [0.15, 0.2) is 0 Å². The number of methoxy groups -OCH3 is 1. The summed E-state index contributed by atoms with van der Waals surface area (Å²) in [6.45, 7) is 3.72. The molecule has 4 heteroatoms. The molecule has 23 heavy (non-hydrogen) atoms. The Kier molecular flexibility index (Phi) is 4.06. The van der Waals surface area contributed by atoms with Gasteiger partial charge in [-0.15, -0.1) is 0 Å². The van der Waals surface area contributed by atoms with E-state index in [2.05, 4.69) is 30.1 Å². The third-order valence-electron chi connectivity index (χ3n) is 3.86. The number of carbonyl (C=O) groups excluding carboxylic acids is 1. The van der Waals surface area contributed by atoms with Gasteiger partial charge in [0.2, 0.25) is 0 Å². The summed E-state index contributed by atoms with van der Waals surface area (Å²) in [6.07, 6.45) is 0. The van der Waals surface area contributed by atoms with Crippen LogP contribution in [-0.2, 0) is 16.1 Å². The van der Waals surface area contributed by atoms with Crippen LogP contribution in [0.3, 0.4) is 0 Å². The summed E-state index contributed by atoms with van der Waals surface area (Å²) in [5.41, 5.74) is 5.19. The van der Waals surface area contributed by atoms with Crippen LogP contribution in [0.1, 0.15) is 18.1 Å². The van der Waals surface area contributed by atoms with E-state index in [9.17, 15) is 4.79 Å². The average Bonchev–Trinajstić information content (AvgIpc) is 2.90. The number of aromatic nitrogens is 1. The minimum atomic E-state index is -0.285. The Morgan fingerprint density at radius 2 is 1.87 bits per heavy atom. The smallest absolute Gasteiger partial charge is 0.302 e. The minimum Gasteiger partial charge on any atom is -0.497 e. The Balaban J connectivity index is 2.13. The lowest BCUT2D eigenvalue weighted by Gasteiger charge is -2.07. The number of ether oxygens (including phenoxy) is 2.